The van der Waals surface area contributed by atoms with Crippen LogP contribution in [0.3, 0.4) is 0 Å². The van der Waals surface area contributed by atoms with Gasteiger partial charge >= 0.3 is 0 Å². The third kappa shape index (κ3) is 5.52. The number of hydrogen-bond donors (Lipinski definition) is 1. The van der Waals surface area contributed by atoms with Gasteiger partial charge in [-0.05, 0) is 47.7 Å². The average molecular weight is 341 g/mol. The largest absolute Gasteiger partial charge is 0.497 e. The fourth-order valence-corrected chi connectivity index (χ4v) is 2.37. The molecule has 0 heterocycles. The second-order valence-electron chi connectivity index (χ2n) is 7.10. The van der Waals surface area contributed by atoms with E-state index in [9.17, 15) is 4.79 Å². The molecule has 0 saturated carbocycles. The van der Waals surface area contributed by atoms with E-state index in [0.717, 1.165) is 11.3 Å². The van der Waals surface area contributed by atoms with E-state index < -0.39 is 6.10 Å². The third-order valence-electron chi connectivity index (χ3n) is 4.03. The molecule has 2 rings (SSSR count). The maximum Gasteiger partial charge on any atom is 0.261 e. The molecule has 1 amide bonds. The molecule has 0 spiro atoms. The highest BCUT2D eigenvalue weighted by atomic mass is 16.5. The Morgan fingerprint density at radius 2 is 1.56 bits per heavy atom. The lowest BCUT2D eigenvalue weighted by Gasteiger charge is -2.20. The Labute approximate surface area is 150 Å². The molecule has 0 aliphatic rings. The van der Waals surface area contributed by atoms with Crippen LogP contribution in [0, 0.1) is 0 Å². The fourth-order valence-electron chi connectivity index (χ4n) is 2.37. The van der Waals surface area contributed by atoms with Crippen molar-refractivity contribution in [2.45, 2.75) is 45.8 Å². The number of amides is 1. The van der Waals surface area contributed by atoms with Gasteiger partial charge in [0, 0.05) is 6.54 Å². The third-order valence-corrected chi connectivity index (χ3v) is 4.03. The molecule has 0 aliphatic heterocycles. The van der Waals surface area contributed by atoms with E-state index in [0.29, 0.717) is 12.3 Å². The van der Waals surface area contributed by atoms with Crippen molar-refractivity contribution >= 4 is 5.91 Å². The zero-order valence-electron chi connectivity index (χ0n) is 15.6. The molecule has 2 aromatic rings. The van der Waals surface area contributed by atoms with Crippen molar-refractivity contribution in [1.29, 1.82) is 0 Å². The summed E-state index contributed by atoms with van der Waals surface area (Å²) in [6.45, 7) is 8.70. The quantitative estimate of drug-likeness (QED) is 0.861. The van der Waals surface area contributed by atoms with Crippen molar-refractivity contribution < 1.29 is 14.3 Å². The van der Waals surface area contributed by atoms with Gasteiger partial charge in [0.15, 0.2) is 6.10 Å². The number of hydrogen-bond acceptors (Lipinski definition) is 3. The van der Waals surface area contributed by atoms with Crippen LogP contribution in [0.4, 0.5) is 0 Å². The van der Waals surface area contributed by atoms with E-state index in [1.54, 1.807) is 14.0 Å². The minimum Gasteiger partial charge on any atom is -0.497 e. The predicted molar refractivity (Wildman–Crippen MR) is 100 cm³/mol. The van der Waals surface area contributed by atoms with Gasteiger partial charge in [0.1, 0.15) is 11.5 Å². The smallest absolute Gasteiger partial charge is 0.261 e. The number of ether oxygens (including phenoxy) is 2. The summed E-state index contributed by atoms with van der Waals surface area (Å²) in [6, 6.07) is 15.5. The molecule has 1 atom stereocenters. The monoisotopic (exact) mass is 341 g/mol. The summed E-state index contributed by atoms with van der Waals surface area (Å²) in [5.41, 5.74) is 2.34. The molecule has 0 bridgehead atoms. The summed E-state index contributed by atoms with van der Waals surface area (Å²) in [7, 11) is 1.63. The Hall–Kier alpha value is -2.49. The van der Waals surface area contributed by atoms with Crippen LogP contribution in [-0.4, -0.2) is 19.1 Å². The Morgan fingerprint density at radius 3 is 2.08 bits per heavy atom. The van der Waals surface area contributed by atoms with Gasteiger partial charge in [-0.3, -0.25) is 4.79 Å². The van der Waals surface area contributed by atoms with Gasteiger partial charge < -0.3 is 14.8 Å². The molecule has 0 fully saturated rings. The van der Waals surface area contributed by atoms with E-state index in [-0.39, 0.29) is 11.3 Å². The van der Waals surface area contributed by atoms with Crippen molar-refractivity contribution in [1.82, 2.24) is 5.32 Å². The molecule has 25 heavy (non-hydrogen) atoms. The number of carbonyl (C=O) groups is 1. The molecule has 1 unspecified atom stereocenters. The lowest BCUT2D eigenvalue weighted by molar-refractivity contribution is -0.127. The van der Waals surface area contributed by atoms with Crippen molar-refractivity contribution in [3.8, 4) is 11.5 Å². The van der Waals surface area contributed by atoms with E-state index in [2.05, 4.69) is 26.1 Å². The summed E-state index contributed by atoms with van der Waals surface area (Å²) in [5.74, 6) is 1.35. The van der Waals surface area contributed by atoms with E-state index in [1.165, 1.54) is 5.56 Å². The summed E-state index contributed by atoms with van der Waals surface area (Å²) in [6.07, 6.45) is -0.557. The van der Waals surface area contributed by atoms with Gasteiger partial charge in [0.2, 0.25) is 0 Å². The standard InChI is InChI=1S/C21H27NO3/c1-15(25-19-12-8-17(9-13-19)21(2,3)4)20(23)22-14-16-6-10-18(24-5)11-7-16/h6-13,15H,14H2,1-5H3,(H,22,23). The van der Waals surface area contributed by atoms with Crippen LogP contribution in [0.1, 0.15) is 38.8 Å². The van der Waals surface area contributed by atoms with Gasteiger partial charge in [-0.15, -0.1) is 0 Å². The summed E-state index contributed by atoms with van der Waals surface area (Å²) in [4.78, 5) is 12.2. The molecule has 4 heteroatoms. The van der Waals surface area contributed by atoms with Crippen molar-refractivity contribution in [3.63, 3.8) is 0 Å². The van der Waals surface area contributed by atoms with Crippen LogP contribution < -0.4 is 14.8 Å². The van der Waals surface area contributed by atoms with Gasteiger partial charge in [-0.25, -0.2) is 0 Å². The van der Waals surface area contributed by atoms with Crippen LogP contribution in [0.5, 0.6) is 11.5 Å². The molecule has 0 saturated heterocycles. The van der Waals surface area contributed by atoms with Gasteiger partial charge in [0.05, 0.1) is 7.11 Å². The SMILES string of the molecule is COc1ccc(CNC(=O)C(C)Oc2ccc(C(C)(C)C)cc2)cc1. The first-order chi connectivity index (χ1) is 11.8. The highest BCUT2D eigenvalue weighted by Crippen LogP contribution is 2.24. The minimum atomic E-state index is -0.557. The minimum absolute atomic E-state index is 0.0971. The summed E-state index contributed by atoms with van der Waals surface area (Å²) < 4.78 is 10.9. The molecule has 2 aromatic carbocycles. The van der Waals surface area contributed by atoms with Gasteiger partial charge in [-0.1, -0.05) is 45.0 Å². The number of rotatable bonds is 6. The zero-order valence-corrected chi connectivity index (χ0v) is 15.6. The molecule has 0 aliphatic carbocycles. The molecular weight excluding hydrogens is 314 g/mol. The number of carbonyl (C=O) groups excluding carboxylic acids is 1. The first-order valence-corrected chi connectivity index (χ1v) is 8.47. The highest BCUT2D eigenvalue weighted by Gasteiger charge is 2.16. The molecule has 4 nitrogen and oxygen atoms in total. The van der Waals surface area contributed by atoms with Crippen molar-refractivity contribution in [3.05, 3.63) is 59.7 Å². The highest BCUT2D eigenvalue weighted by molar-refractivity contribution is 5.80. The number of nitrogens with one attached hydrogen (secondary N) is 1. The zero-order chi connectivity index (χ0) is 18.4. The first-order valence-electron chi connectivity index (χ1n) is 8.47. The Kier molecular flexibility index (Phi) is 6.07. The van der Waals surface area contributed by atoms with E-state index in [1.807, 2.05) is 48.5 Å². The number of methoxy groups -OCH3 is 1. The van der Waals surface area contributed by atoms with Crippen LogP contribution in [0.25, 0.3) is 0 Å². The van der Waals surface area contributed by atoms with Crippen LogP contribution in [0.2, 0.25) is 0 Å². The van der Waals surface area contributed by atoms with Crippen LogP contribution >= 0.6 is 0 Å². The summed E-state index contributed by atoms with van der Waals surface area (Å²) in [5, 5.41) is 2.89. The Morgan fingerprint density at radius 1 is 1.00 bits per heavy atom. The fraction of sp³-hybridized carbons (Fsp3) is 0.381. The molecule has 1 N–H and O–H groups in total. The normalized spacial score (nSPS) is 12.4. The lowest BCUT2D eigenvalue weighted by atomic mass is 9.87. The molecule has 0 aromatic heterocycles. The van der Waals surface area contributed by atoms with E-state index >= 15 is 0 Å². The number of benzene rings is 2. The van der Waals surface area contributed by atoms with Crippen LogP contribution in [-0.2, 0) is 16.8 Å². The average Bonchev–Trinajstić information content (AvgIpc) is 2.59. The van der Waals surface area contributed by atoms with Crippen molar-refractivity contribution in [2.24, 2.45) is 0 Å². The maximum atomic E-state index is 12.2. The second-order valence-corrected chi connectivity index (χ2v) is 7.10. The Balaban J connectivity index is 1.87. The molecule has 134 valence electrons. The predicted octanol–water partition coefficient (Wildman–Crippen LogP) is 4.08. The first kappa shape index (κ1) is 18.8. The van der Waals surface area contributed by atoms with Gasteiger partial charge in [-0.2, -0.15) is 0 Å². The molecular formula is C21H27NO3. The van der Waals surface area contributed by atoms with Gasteiger partial charge in [0.25, 0.3) is 5.91 Å². The Bertz CT molecular complexity index is 685. The second kappa shape index (κ2) is 8.06. The summed E-state index contributed by atoms with van der Waals surface area (Å²) >= 11 is 0. The van der Waals surface area contributed by atoms with Crippen molar-refractivity contribution in [2.75, 3.05) is 7.11 Å². The topological polar surface area (TPSA) is 47.6 Å². The lowest BCUT2D eigenvalue weighted by Crippen LogP contribution is -2.35. The van der Waals surface area contributed by atoms with Crippen LogP contribution in [0.15, 0.2) is 48.5 Å². The molecule has 0 radical (unpaired) electrons. The maximum absolute atomic E-state index is 12.2. The van der Waals surface area contributed by atoms with E-state index in [4.69, 9.17) is 9.47 Å².